The van der Waals surface area contributed by atoms with Crippen molar-refractivity contribution in [1.82, 2.24) is 40.4 Å². The summed E-state index contributed by atoms with van der Waals surface area (Å²) in [6, 6.07) is 17.9. The average Bonchev–Trinajstić information content (AvgIpc) is 4.03. The molecule has 0 bridgehead atoms. The third kappa shape index (κ3) is 8.04. The number of nitrogens with zero attached hydrogens (tertiary/aromatic N) is 4. The Balaban J connectivity index is 1.09. The average molecular weight is 807 g/mol. The van der Waals surface area contributed by atoms with E-state index in [1.807, 2.05) is 49.8 Å². The topological polar surface area (TPSA) is 175 Å². The molecule has 3 aromatic carbocycles. The maximum Gasteiger partial charge on any atom is 0.407 e. The van der Waals surface area contributed by atoms with Gasteiger partial charge in [0.1, 0.15) is 23.7 Å². The minimum atomic E-state index is -1.77. The molecule has 2 aliphatic rings. The van der Waals surface area contributed by atoms with Crippen LogP contribution in [0.5, 0.6) is 0 Å². The van der Waals surface area contributed by atoms with E-state index in [-0.39, 0.29) is 35.7 Å². The Hall–Kier alpha value is -5.70. The third-order valence-corrected chi connectivity index (χ3v) is 14.3. The van der Waals surface area contributed by atoms with E-state index in [0.717, 1.165) is 74.7 Å². The van der Waals surface area contributed by atoms with E-state index in [0.29, 0.717) is 12.7 Å². The fourth-order valence-corrected chi connectivity index (χ4v) is 11.4. The summed E-state index contributed by atoms with van der Waals surface area (Å²) in [6.07, 6.45) is 2.87. The van der Waals surface area contributed by atoms with Gasteiger partial charge >= 0.3 is 12.2 Å². The lowest BCUT2D eigenvalue weighted by Gasteiger charge is -2.30. The smallest absolute Gasteiger partial charge is 0.407 e. The number of hydrogen-bond acceptors (Lipinski definition) is 8. The molecule has 5 aromatic rings. The number of fused-ring (bicyclic) bond motifs is 3. The van der Waals surface area contributed by atoms with E-state index < -0.39 is 32.3 Å². The number of carbonyl (C=O) groups is 4. The van der Waals surface area contributed by atoms with Crippen molar-refractivity contribution in [2.45, 2.75) is 83.8 Å². The molecule has 306 valence electrons. The number of benzene rings is 3. The molecule has 4 N–H and O–H groups in total. The molecule has 14 nitrogen and oxygen atoms in total. The lowest BCUT2D eigenvalue weighted by Crippen LogP contribution is -2.52. The van der Waals surface area contributed by atoms with Gasteiger partial charge in [-0.05, 0) is 64.9 Å². The Morgan fingerprint density at radius 3 is 2.03 bits per heavy atom. The number of methoxy groups -OCH3 is 2. The van der Waals surface area contributed by atoms with E-state index in [4.69, 9.17) is 19.4 Å². The van der Waals surface area contributed by atoms with Crippen molar-refractivity contribution < 1.29 is 28.7 Å². The number of hydrogen-bond donors (Lipinski definition) is 4. The van der Waals surface area contributed by atoms with Crippen molar-refractivity contribution in [1.29, 1.82) is 0 Å². The molecule has 0 aliphatic carbocycles. The van der Waals surface area contributed by atoms with Crippen LogP contribution in [0.2, 0.25) is 19.1 Å². The quantitative estimate of drug-likeness (QED) is 0.106. The molecule has 0 radical (unpaired) electrons. The molecule has 4 amide bonds. The number of nitrogens with one attached hydrogen (secondary N) is 4. The standard InChI is InChI=1S/C43H54N8O6Si/c1-24(2)35(48-42(54)56-5)40(52)50-19-9-10-33(50)38-44-21-32(46-38)27-13-11-26(12-14-27)28-15-17-30-29(20-28)16-18-31-37(30)47-39(45-31)34-22-58(7,8)23-51(34)41(53)36(25(3)4)49-43(55)57-6/h11-18,20-21,24-25,33-36H,9-10,19,22-23H2,1-8H3,(H,44,46)(H,45,47)(H,48,54)(H,49,55)/t33-,34-,35-,36-/m0/s1. The summed E-state index contributed by atoms with van der Waals surface area (Å²) < 4.78 is 9.60. The molecule has 0 unspecified atom stereocenters. The fraction of sp³-hybridized carbons (Fsp3) is 0.442. The van der Waals surface area contributed by atoms with Crippen LogP contribution >= 0.6 is 0 Å². The second kappa shape index (κ2) is 16.3. The first-order chi connectivity index (χ1) is 27.7. The van der Waals surface area contributed by atoms with E-state index in [2.05, 4.69) is 82.2 Å². The predicted molar refractivity (Wildman–Crippen MR) is 225 cm³/mol. The van der Waals surface area contributed by atoms with Gasteiger partial charge in [0.2, 0.25) is 11.8 Å². The highest BCUT2D eigenvalue weighted by Crippen LogP contribution is 2.39. The van der Waals surface area contributed by atoms with Crippen molar-refractivity contribution in [3.8, 4) is 22.4 Å². The Kier molecular flexibility index (Phi) is 11.4. The van der Waals surface area contributed by atoms with Gasteiger partial charge in [-0.1, -0.05) is 83.3 Å². The summed E-state index contributed by atoms with van der Waals surface area (Å²) in [5.74, 6) is 1.01. The molecular formula is C43H54N8O6Si. The first-order valence-corrected chi connectivity index (χ1v) is 23.5. The lowest BCUT2D eigenvalue weighted by molar-refractivity contribution is -0.136. The summed E-state index contributed by atoms with van der Waals surface area (Å²) in [4.78, 5) is 72.2. The summed E-state index contributed by atoms with van der Waals surface area (Å²) in [5, 5.41) is 7.56. The maximum absolute atomic E-state index is 14.0. The zero-order valence-corrected chi connectivity index (χ0v) is 35.5. The van der Waals surface area contributed by atoms with Gasteiger partial charge in [-0.25, -0.2) is 19.6 Å². The molecule has 0 spiro atoms. The Morgan fingerprint density at radius 2 is 1.40 bits per heavy atom. The molecule has 2 aromatic heterocycles. The summed E-state index contributed by atoms with van der Waals surface area (Å²) in [7, 11) is 0.821. The first kappa shape index (κ1) is 40.5. The number of alkyl carbamates (subject to hydrolysis) is 2. The van der Waals surface area contributed by atoms with Crippen LogP contribution in [0.1, 0.15) is 64.3 Å². The molecule has 2 fully saturated rings. The number of aromatic amines is 2. The van der Waals surface area contributed by atoms with Crippen molar-refractivity contribution in [3.63, 3.8) is 0 Å². The highest BCUT2D eigenvalue weighted by molar-refractivity contribution is 6.78. The molecule has 0 saturated carbocycles. The minimum absolute atomic E-state index is 0.107. The molecule has 2 saturated heterocycles. The van der Waals surface area contributed by atoms with Gasteiger partial charge in [-0.15, -0.1) is 0 Å². The zero-order chi connectivity index (χ0) is 41.5. The second-order valence-electron chi connectivity index (χ2n) is 17.0. The SMILES string of the molecule is COC(=O)N[C@H](C(=O)N1CCC[C@H]1c1ncc(-c2ccc(-c3ccc4c(ccc5nc([C@@H]6C[Si](C)(C)CN6C(=O)[C@@H](NC(=O)OC)C(C)C)[nH]c54)c3)cc2)[nH]1)C(C)C. The van der Waals surface area contributed by atoms with E-state index in [1.54, 1.807) is 0 Å². The van der Waals surface area contributed by atoms with Gasteiger partial charge < -0.3 is 39.9 Å². The van der Waals surface area contributed by atoms with Crippen LogP contribution in [-0.4, -0.2) is 101 Å². The third-order valence-electron chi connectivity index (χ3n) is 11.6. The highest BCUT2D eigenvalue weighted by Gasteiger charge is 2.46. The molecule has 15 heteroatoms. The first-order valence-electron chi connectivity index (χ1n) is 20.1. The fourth-order valence-electron chi connectivity index (χ4n) is 8.48. The van der Waals surface area contributed by atoms with Crippen LogP contribution in [0.4, 0.5) is 9.59 Å². The number of aromatic nitrogens is 4. The summed E-state index contributed by atoms with van der Waals surface area (Å²) in [5.41, 5.74) is 5.74. The van der Waals surface area contributed by atoms with Gasteiger partial charge in [-0.3, -0.25) is 9.59 Å². The highest BCUT2D eigenvalue weighted by atomic mass is 28.3. The monoisotopic (exact) mass is 806 g/mol. The molecule has 4 heterocycles. The number of rotatable bonds is 10. The maximum atomic E-state index is 14.0. The number of likely N-dealkylation sites (tertiary alicyclic amines) is 1. The van der Waals surface area contributed by atoms with Crippen LogP contribution in [0, 0.1) is 11.8 Å². The number of carbonyl (C=O) groups excluding carboxylic acids is 4. The van der Waals surface area contributed by atoms with Crippen molar-refractivity contribution in [2.24, 2.45) is 11.8 Å². The summed E-state index contributed by atoms with van der Waals surface area (Å²) >= 11 is 0. The largest absolute Gasteiger partial charge is 0.453 e. The van der Waals surface area contributed by atoms with Crippen LogP contribution in [-0.2, 0) is 19.1 Å². The van der Waals surface area contributed by atoms with Gasteiger partial charge in [-0.2, -0.15) is 0 Å². The van der Waals surface area contributed by atoms with Crippen LogP contribution in [0.25, 0.3) is 44.2 Å². The normalized spacial score (nSPS) is 18.9. The molecule has 2 aliphatic heterocycles. The Bertz CT molecular complexity index is 2340. The van der Waals surface area contributed by atoms with Gasteiger partial charge in [0.15, 0.2) is 0 Å². The van der Waals surface area contributed by atoms with E-state index in [9.17, 15) is 19.2 Å². The van der Waals surface area contributed by atoms with Gasteiger partial charge in [0.05, 0.1) is 57.3 Å². The van der Waals surface area contributed by atoms with Gasteiger partial charge in [0.25, 0.3) is 0 Å². The van der Waals surface area contributed by atoms with Crippen LogP contribution < -0.4 is 10.6 Å². The predicted octanol–water partition coefficient (Wildman–Crippen LogP) is 7.33. The van der Waals surface area contributed by atoms with E-state index >= 15 is 0 Å². The van der Waals surface area contributed by atoms with Crippen molar-refractivity contribution in [3.05, 3.63) is 72.4 Å². The lowest BCUT2D eigenvalue weighted by atomic mass is 9.99. The number of amides is 4. The van der Waals surface area contributed by atoms with Crippen LogP contribution in [0.15, 0.2) is 60.8 Å². The molecule has 4 atom stereocenters. The number of H-pyrrole nitrogens is 2. The van der Waals surface area contributed by atoms with Crippen molar-refractivity contribution >= 4 is 53.9 Å². The Morgan fingerprint density at radius 1 is 0.776 bits per heavy atom. The van der Waals surface area contributed by atoms with Crippen LogP contribution in [0.3, 0.4) is 0 Å². The Labute approximate surface area is 339 Å². The summed E-state index contributed by atoms with van der Waals surface area (Å²) in [6.45, 7) is 12.8. The minimum Gasteiger partial charge on any atom is -0.453 e. The van der Waals surface area contributed by atoms with Crippen molar-refractivity contribution in [2.75, 3.05) is 26.9 Å². The van der Waals surface area contributed by atoms with E-state index in [1.165, 1.54) is 14.2 Å². The second-order valence-corrected chi connectivity index (χ2v) is 22.1. The number of imidazole rings is 2. The zero-order valence-electron chi connectivity index (χ0n) is 34.5. The molecule has 7 rings (SSSR count). The molecular weight excluding hydrogens is 753 g/mol. The molecule has 58 heavy (non-hydrogen) atoms. The number of ether oxygens (including phenoxy) is 2. The van der Waals surface area contributed by atoms with Gasteiger partial charge in [0, 0.05) is 18.1 Å².